The molecule has 0 bridgehead atoms. The fraction of sp³-hybridized carbons (Fsp3) is 0.0476. The third-order valence-electron chi connectivity index (χ3n) is 14.0. The number of aromatic nitrogens is 3. The van der Waals surface area contributed by atoms with E-state index in [0.717, 1.165) is 78.1 Å². The highest BCUT2D eigenvalue weighted by Gasteiger charge is 2.38. The number of anilines is 3. The zero-order valence-corrected chi connectivity index (χ0v) is 37.2. The van der Waals surface area contributed by atoms with Gasteiger partial charge in [-0.25, -0.2) is 9.97 Å². The summed E-state index contributed by atoms with van der Waals surface area (Å²) in [5.41, 5.74) is 17.9. The Morgan fingerprint density at radius 2 is 0.791 bits per heavy atom. The van der Waals surface area contributed by atoms with Gasteiger partial charge in [0.2, 0.25) is 0 Å². The molecule has 4 nitrogen and oxygen atoms in total. The van der Waals surface area contributed by atoms with Gasteiger partial charge in [0, 0.05) is 27.0 Å². The van der Waals surface area contributed by atoms with Gasteiger partial charge in [-0.05, 0) is 104 Å². The van der Waals surface area contributed by atoms with Crippen molar-refractivity contribution in [2.24, 2.45) is 0 Å². The Morgan fingerprint density at radius 1 is 0.328 bits per heavy atom. The van der Waals surface area contributed by atoms with Crippen LogP contribution in [-0.2, 0) is 5.41 Å². The van der Waals surface area contributed by atoms with Gasteiger partial charge >= 0.3 is 0 Å². The maximum atomic E-state index is 5.51. The van der Waals surface area contributed by atoms with Crippen LogP contribution in [0.25, 0.3) is 93.9 Å². The van der Waals surface area contributed by atoms with E-state index in [0.29, 0.717) is 0 Å². The third kappa shape index (κ3) is 6.29. The van der Waals surface area contributed by atoms with Crippen LogP contribution in [0.1, 0.15) is 25.0 Å². The molecule has 1 aliphatic rings. The van der Waals surface area contributed by atoms with Crippen LogP contribution in [0.4, 0.5) is 17.2 Å². The normalized spacial score (nSPS) is 13.0. The maximum Gasteiger partial charge on any atom is 0.138 e. The Kier molecular flexibility index (Phi) is 8.84. The average Bonchev–Trinajstić information content (AvgIpc) is 3.72. The smallest absolute Gasteiger partial charge is 0.138 e. The van der Waals surface area contributed by atoms with Crippen molar-refractivity contribution in [2.45, 2.75) is 19.3 Å². The quantitative estimate of drug-likeness (QED) is 0.167. The lowest BCUT2D eigenvalue weighted by atomic mass is 9.73. The summed E-state index contributed by atoms with van der Waals surface area (Å²) in [5, 5.41) is 4.62. The number of benzene rings is 9. The molecule has 0 N–H and O–H groups in total. The van der Waals surface area contributed by atoms with Crippen LogP contribution in [0.3, 0.4) is 0 Å². The molecule has 9 aromatic carbocycles. The molecule has 0 radical (unpaired) electrons. The molecule has 0 spiro atoms. The monoisotopic (exact) mass is 856 g/mol. The van der Waals surface area contributed by atoms with Crippen LogP contribution >= 0.6 is 0 Å². The van der Waals surface area contributed by atoms with Crippen molar-refractivity contribution < 1.29 is 0 Å². The van der Waals surface area contributed by atoms with Crippen LogP contribution in [0.5, 0.6) is 0 Å². The summed E-state index contributed by atoms with van der Waals surface area (Å²) in [5.74, 6) is 1.75. The molecule has 13 rings (SSSR count). The molecule has 0 amide bonds. The topological polar surface area (TPSA) is 34.0 Å². The molecule has 316 valence electrons. The second-order valence-electron chi connectivity index (χ2n) is 18.2. The zero-order chi connectivity index (χ0) is 44.6. The van der Waals surface area contributed by atoms with Gasteiger partial charge < -0.3 is 0 Å². The minimum absolute atomic E-state index is 0.312. The van der Waals surface area contributed by atoms with E-state index < -0.39 is 0 Å². The van der Waals surface area contributed by atoms with Crippen molar-refractivity contribution >= 4 is 60.8 Å². The van der Waals surface area contributed by atoms with Crippen LogP contribution in [0.15, 0.2) is 231 Å². The third-order valence-corrected chi connectivity index (χ3v) is 14.0. The Bertz CT molecular complexity index is 3870. The Morgan fingerprint density at radius 3 is 1.40 bits per heavy atom. The van der Waals surface area contributed by atoms with Crippen molar-refractivity contribution in [3.63, 3.8) is 0 Å². The maximum absolute atomic E-state index is 5.51. The van der Waals surface area contributed by atoms with Crippen molar-refractivity contribution in [1.29, 1.82) is 0 Å². The van der Waals surface area contributed by atoms with E-state index in [9.17, 15) is 0 Å². The van der Waals surface area contributed by atoms with Gasteiger partial charge in [0.1, 0.15) is 11.6 Å². The molecular formula is C63H44N4. The average molecular weight is 857 g/mol. The van der Waals surface area contributed by atoms with E-state index >= 15 is 0 Å². The van der Waals surface area contributed by atoms with Gasteiger partial charge in [-0.2, -0.15) is 0 Å². The first-order chi connectivity index (χ1) is 33.0. The van der Waals surface area contributed by atoms with Crippen LogP contribution < -0.4 is 4.90 Å². The molecule has 4 heteroatoms. The molecular weight excluding hydrogens is 813 g/mol. The molecule has 1 aliphatic heterocycles. The number of hydrogen-bond donors (Lipinski definition) is 0. The van der Waals surface area contributed by atoms with E-state index in [4.69, 9.17) is 9.97 Å². The predicted molar refractivity (Wildman–Crippen MR) is 280 cm³/mol. The first kappa shape index (κ1) is 38.8. The highest BCUT2D eigenvalue weighted by Crippen LogP contribution is 2.54. The second-order valence-corrected chi connectivity index (χ2v) is 18.2. The summed E-state index contributed by atoms with van der Waals surface area (Å²) in [4.78, 5) is 13.4. The number of fused-ring (bicyclic) bond motifs is 7. The highest BCUT2D eigenvalue weighted by atomic mass is 15.2. The lowest BCUT2D eigenvalue weighted by Gasteiger charge is -2.41. The Labute approximate surface area is 389 Å². The van der Waals surface area contributed by atoms with Crippen LogP contribution in [0.2, 0.25) is 0 Å². The summed E-state index contributed by atoms with van der Waals surface area (Å²) in [6, 6.07) is 83.2. The van der Waals surface area contributed by atoms with Gasteiger partial charge in [-0.1, -0.05) is 196 Å². The van der Waals surface area contributed by atoms with E-state index in [1.807, 2.05) is 0 Å². The van der Waals surface area contributed by atoms with E-state index in [-0.39, 0.29) is 5.41 Å². The first-order valence-corrected chi connectivity index (χ1v) is 23.1. The Hall–Kier alpha value is -8.60. The van der Waals surface area contributed by atoms with E-state index in [2.05, 4.69) is 254 Å². The lowest BCUT2D eigenvalue weighted by molar-refractivity contribution is 0.632. The van der Waals surface area contributed by atoms with Crippen LogP contribution in [0, 0.1) is 0 Å². The lowest BCUT2D eigenvalue weighted by Crippen LogP contribution is -2.31. The zero-order valence-electron chi connectivity index (χ0n) is 37.2. The SMILES string of the molecule is CC1(C)c2ccccc2N(c2cc(-c3ccc(-c4ccccc4)cc3)c3ccccc3n2)c2cc3c(cc21)c1ccccc1n3-c1cc(-c2ccc(-c3ccccc3)cc2)c2ccccc2n1. The molecule has 0 saturated carbocycles. The molecule has 12 aromatic rings. The fourth-order valence-corrected chi connectivity index (χ4v) is 10.6. The second kappa shape index (κ2) is 15.3. The minimum Gasteiger partial charge on any atom is -0.294 e. The molecule has 4 heterocycles. The summed E-state index contributed by atoms with van der Waals surface area (Å²) in [7, 11) is 0. The largest absolute Gasteiger partial charge is 0.294 e. The van der Waals surface area contributed by atoms with Gasteiger partial charge in [-0.3, -0.25) is 9.47 Å². The summed E-state index contributed by atoms with van der Waals surface area (Å²) in [6.07, 6.45) is 0. The van der Waals surface area contributed by atoms with Gasteiger partial charge in [-0.15, -0.1) is 0 Å². The number of pyridine rings is 2. The Balaban J connectivity index is 1.04. The summed E-state index contributed by atoms with van der Waals surface area (Å²) >= 11 is 0. The molecule has 3 aromatic heterocycles. The van der Waals surface area contributed by atoms with Crippen LogP contribution in [-0.4, -0.2) is 14.5 Å². The summed E-state index contributed by atoms with van der Waals surface area (Å²) < 4.78 is 2.37. The molecule has 0 aliphatic carbocycles. The van der Waals surface area contributed by atoms with Gasteiger partial charge in [0.25, 0.3) is 0 Å². The fourth-order valence-electron chi connectivity index (χ4n) is 10.6. The molecule has 0 saturated heterocycles. The van der Waals surface area contributed by atoms with E-state index in [1.54, 1.807) is 0 Å². The first-order valence-electron chi connectivity index (χ1n) is 23.1. The summed E-state index contributed by atoms with van der Waals surface area (Å²) in [6.45, 7) is 4.72. The van der Waals surface area contributed by atoms with Gasteiger partial charge in [0.05, 0.1) is 33.4 Å². The predicted octanol–water partition coefficient (Wildman–Crippen LogP) is 16.7. The molecule has 67 heavy (non-hydrogen) atoms. The molecule has 0 fully saturated rings. The molecule has 0 atom stereocenters. The van der Waals surface area contributed by atoms with Gasteiger partial charge in [0.15, 0.2) is 0 Å². The van der Waals surface area contributed by atoms with Crippen molar-refractivity contribution in [1.82, 2.24) is 14.5 Å². The van der Waals surface area contributed by atoms with Crippen molar-refractivity contribution in [2.75, 3.05) is 4.90 Å². The molecule has 0 unspecified atom stereocenters. The highest BCUT2D eigenvalue weighted by molar-refractivity contribution is 6.12. The minimum atomic E-state index is -0.312. The van der Waals surface area contributed by atoms with Crippen molar-refractivity contribution in [3.8, 4) is 50.3 Å². The van der Waals surface area contributed by atoms with E-state index in [1.165, 1.54) is 44.2 Å². The number of rotatable bonds is 6. The standard InChI is InChI=1S/C63H44N4/c1-63(2)53-24-12-16-28-58(53)67(62-39-51(48-22-10-14-26-56(48)65-62)46-35-31-44(32-36-46)42-19-7-4-8-20-42)60-40-59-52(37-54(60)63)49-23-11-15-27-57(49)66(59)61-38-50(47-21-9-13-25-55(47)64-61)45-33-29-43(30-34-45)41-17-5-3-6-18-41/h3-40H,1-2H3. The number of nitrogens with zero attached hydrogens (tertiary/aromatic N) is 4. The van der Waals surface area contributed by atoms with Crippen molar-refractivity contribution in [3.05, 3.63) is 242 Å². The number of hydrogen-bond acceptors (Lipinski definition) is 3. The number of para-hydroxylation sites is 4.